The molecule has 5 heteroatoms. The largest absolute Gasteiger partial charge is 0.383 e. The predicted octanol–water partition coefficient (Wildman–Crippen LogP) is 2.41. The Bertz CT molecular complexity index is 689. The molecule has 0 radical (unpaired) electrons. The zero-order chi connectivity index (χ0) is 18.8. The van der Waals surface area contributed by atoms with Crippen molar-refractivity contribution in [2.24, 2.45) is 0 Å². The van der Waals surface area contributed by atoms with Crippen LogP contribution in [-0.2, 0) is 27.3 Å². The third-order valence-electron chi connectivity index (χ3n) is 4.16. The lowest BCUT2D eigenvalue weighted by molar-refractivity contribution is -0.139. The molecule has 0 bridgehead atoms. The molecule has 1 atom stereocenters. The highest BCUT2D eigenvalue weighted by Gasteiger charge is 2.28. The van der Waals surface area contributed by atoms with Crippen LogP contribution in [0.25, 0.3) is 0 Å². The molecule has 0 aliphatic carbocycles. The van der Waals surface area contributed by atoms with Crippen LogP contribution in [0.4, 0.5) is 0 Å². The molecule has 2 rings (SSSR count). The summed E-state index contributed by atoms with van der Waals surface area (Å²) in [5.41, 5.74) is 2.00. The summed E-state index contributed by atoms with van der Waals surface area (Å²) >= 11 is 0. The van der Waals surface area contributed by atoms with E-state index in [4.69, 9.17) is 4.74 Å². The van der Waals surface area contributed by atoms with Crippen molar-refractivity contribution >= 4 is 11.8 Å². The van der Waals surface area contributed by atoms with E-state index in [9.17, 15) is 9.59 Å². The van der Waals surface area contributed by atoms with Crippen molar-refractivity contribution in [3.63, 3.8) is 0 Å². The van der Waals surface area contributed by atoms with Crippen molar-refractivity contribution in [2.45, 2.75) is 25.9 Å². The number of benzene rings is 2. The van der Waals surface area contributed by atoms with Gasteiger partial charge in [-0.3, -0.25) is 9.59 Å². The topological polar surface area (TPSA) is 58.6 Å². The Morgan fingerprint density at radius 3 is 2.12 bits per heavy atom. The molecule has 0 aromatic heterocycles. The van der Waals surface area contributed by atoms with Gasteiger partial charge in [-0.15, -0.1) is 0 Å². The second kappa shape index (κ2) is 10.4. The fourth-order valence-electron chi connectivity index (χ4n) is 2.80. The van der Waals surface area contributed by atoms with E-state index in [0.717, 1.165) is 11.1 Å². The number of nitrogens with one attached hydrogen (secondary N) is 1. The van der Waals surface area contributed by atoms with Crippen molar-refractivity contribution in [2.75, 3.05) is 20.3 Å². The van der Waals surface area contributed by atoms with E-state index in [1.807, 2.05) is 60.7 Å². The van der Waals surface area contributed by atoms with Gasteiger partial charge in [-0.2, -0.15) is 0 Å². The molecule has 0 unspecified atom stereocenters. The van der Waals surface area contributed by atoms with Gasteiger partial charge in [0.05, 0.1) is 6.61 Å². The fourth-order valence-corrected chi connectivity index (χ4v) is 2.80. The Hall–Kier alpha value is -2.66. The first-order chi connectivity index (χ1) is 12.6. The molecule has 26 heavy (non-hydrogen) atoms. The van der Waals surface area contributed by atoms with Crippen molar-refractivity contribution < 1.29 is 14.3 Å². The van der Waals surface area contributed by atoms with E-state index < -0.39 is 6.04 Å². The third kappa shape index (κ3) is 6.01. The maximum Gasteiger partial charge on any atom is 0.243 e. The number of methoxy groups -OCH3 is 1. The number of carbonyl (C=O) groups is 2. The van der Waals surface area contributed by atoms with E-state index in [2.05, 4.69) is 5.32 Å². The Balaban J connectivity index is 2.22. The van der Waals surface area contributed by atoms with Crippen molar-refractivity contribution in [3.8, 4) is 0 Å². The molecule has 1 N–H and O–H groups in total. The number of amides is 2. The van der Waals surface area contributed by atoms with Gasteiger partial charge < -0.3 is 15.0 Å². The lowest BCUT2D eigenvalue weighted by atomic mass is 10.0. The van der Waals surface area contributed by atoms with Gasteiger partial charge in [0, 0.05) is 33.5 Å². The fraction of sp³-hybridized carbons (Fsp3) is 0.333. The molecule has 0 spiro atoms. The Morgan fingerprint density at radius 1 is 1.00 bits per heavy atom. The summed E-state index contributed by atoms with van der Waals surface area (Å²) in [4.78, 5) is 26.8. The van der Waals surface area contributed by atoms with Gasteiger partial charge in [-0.05, 0) is 11.1 Å². The summed E-state index contributed by atoms with van der Waals surface area (Å²) in [6, 6.07) is 18.9. The van der Waals surface area contributed by atoms with Crippen molar-refractivity contribution in [1.29, 1.82) is 0 Å². The summed E-state index contributed by atoms with van der Waals surface area (Å²) < 4.78 is 5.00. The molecule has 0 heterocycles. The Labute approximate surface area is 155 Å². The summed E-state index contributed by atoms with van der Waals surface area (Å²) in [5.74, 6) is -0.297. The zero-order valence-corrected chi connectivity index (χ0v) is 15.4. The summed E-state index contributed by atoms with van der Waals surface area (Å²) in [6.45, 7) is 2.75. The molecule has 0 saturated heterocycles. The van der Waals surface area contributed by atoms with Gasteiger partial charge >= 0.3 is 0 Å². The first kappa shape index (κ1) is 19.7. The van der Waals surface area contributed by atoms with Crippen LogP contribution in [0.3, 0.4) is 0 Å². The summed E-state index contributed by atoms with van der Waals surface area (Å²) in [7, 11) is 1.59. The average molecular weight is 354 g/mol. The molecule has 0 aliphatic rings. The molecule has 0 fully saturated rings. The number of nitrogens with zero attached hydrogens (tertiary/aromatic N) is 1. The number of carbonyl (C=O) groups excluding carboxylic acids is 2. The molecule has 2 aromatic carbocycles. The highest BCUT2D eigenvalue weighted by atomic mass is 16.5. The molecule has 2 aromatic rings. The molecule has 138 valence electrons. The van der Waals surface area contributed by atoms with E-state index in [0.29, 0.717) is 26.1 Å². The standard InChI is InChI=1S/C21H26N2O3/c1-17(24)23(16-19-11-7-4-8-12-19)20(21(25)22-13-14-26-2)15-18-9-5-3-6-10-18/h3-12,20H,13-16H2,1-2H3,(H,22,25)/t20-/m0/s1. The minimum atomic E-state index is -0.577. The average Bonchev–Trinajstić information content (AvgIpc) is 2.66. The molecule has 5 nitrogen and oxygen atoms in total. The molecule has 2 amide bonds. The summed E-state index contributed by atoms with van der Waals surface area (Å²) in [5, 5.41) is 2.87. The SMILES string of the molecule is COCCNC(=O)[C@H](Cc1ccccc1)N(Cc1ccccc1)C(C)=O. The monoisotopic (exact) mass is 354 g/mol. The van der Waals surface area contributed by atoms with Crippen LogP contribution in [0.1, 0.15) is 18.1 Å². The van der Waals surface area contributed by atoms with Crippen LogP contribution in [0.15, 0.2) is 60.7 Å². The molecule has 0 aliphatic heterocycles. The predicted molar refractivity (Wildman–Crippen MR) is 101 cm³/mol. The van der Waals surface area contributed by atoms with Gasteiger partial charge in [0.1, 0.15) is 6.04 Å². The van der Waals surface area contributed by atoms with Gasteiger partial charge in [-0.25, -0.2) is 0 Å². The van der Waals surface area contributed by atoms with E-state index in [1.165, 1.54) is 6.92 Å². The highest BCUT2D eigenvalue weighted by Crippen LogP contribution is 2.14. The maximum absolute atomic E-state index is 12.8. The Morgan fingerprint density at radius 2 is 1.58 bits per heavy atom. The van der Waals surface area contributed by atoms with Gasteiger partial charge in [0.2, 0.25) is 11.8 Å². The quantitative estimate of drug-likeness (QED) is 0.704. The summed E-state index contributed by atoms with van der Waals surface area (Å²) in [6.07, 6.45) is 0.464. The smallest absolute Gasteiger partial charge is 0.243 e. The van der Waals surface area contributed by atoms with Gasteiger partial charge in [-0.1, -0.05) is 60.7 Å². The van der Waals surface area contributed by atoms with Gasteiger partial charge in [0.25, 0.3) is 0 Å². The number of hydrogen-bond acceptors (Lipinski definition) is 3. The van der Waals surface area contributed by atoms with Crippen molar-refractivity contribution in [3.05, 3.63) is 71.8 Å². The van der Waals surface area contributed by atoms with Crippen LogP contribution in [-0.4, -0.2) is 43.0 Å². The minimum Gasteiger partial charge on any atom is -0.383 e. The maximum atomic E-state index is 12.8. The number of rotatable bonds is 9. The van der Waals surface area contributed by atoms with Crippen LogP contribution in [0.2, 0.25) is 0 Å². The second-order valence-electron chi connectivity index (χ2n) is 6.12. The lowest BCUT2D eigenvalue weighted by Gasteiger charge is -2.30. The lowest BCUT2D eigenvalue weighted by Crippen LogP contribution is -2.50. The van der Waals surface area contributed by atoms with Crippen LogP contribution < -0.4 is 5.32 Å². The zero-order valence-electron chi connectivity index (χ0n) is 15.4. The second-order valence-corrected chi connectivity index (χ2v) is 6.12. The van der Waals surface area contributed by atoms with Crippen LogP contribution >= 0.6 is 0 Å². The molecular formula is C21H26N2O3. The van der Waals surface area contributed by atoms with Crippen molar-refractivity contribution in [1.82, 2.24) is 10.2 Å². The molecule has 0 saturated carbocycles. The van der Waals surface area contributed by atoms with Gasteiger partial charge in [0.15, 0.2) is 0 Å². The van der Waals surface area contributed by atoms with E-state index in [-0.39, 0.29) is 11.8 Å². The van der Waals surface area contributed by atoms with Crippen LogP contribution in [0, 0.1) is 0 Å². The highest BCUT2D eigenvalue weighted by molar-refractivity contribution is 5.87. The Kier molecular flexibility index (Phi) is 7.83. The normalized spacial score (nSPS) is 11.6. The van der Waals surface area contributed by atoms with E-state index in [1.54, 1.807) is 12.0 Å². The molecular weight excluding hydrogens is 328 g/mol. The third-order valence-corrected chi connectivity index (χ3v) is 4.16. The first-order valence-electron chi connectivity index (χ1n) is 8.73. The van der Waals surface area contributed by atoms with E-state index >= 15 is 0 Å². The van der Waals surface area contributed by atoms with Crippen LogP contribution in [0.5, 0.6) is 0 Å². The minimum absolute atomic E-state index is 0.128. The number of hydrogen-bond donors (Lipinski definition) is 1. The number of ether oxygens (including phenoxy) is 1. The first-order valence-corrected chi connectivity index (χ1v) is 8.73.